The van der Waals surface area contributed by atoms with Gasteiger partial charge in [0, 0.05) is 4.47 Å². The molecule has 2 rings (SSSR count). The first-order chi connectivity index (χ1) is 11.4. The van der Waals surface area contributed by atoms with Crippen molar-refractivity contribution in [3.8, 4) is 11.5 Å². The molecule has 1 N–H and O–H groups in total. The minimum Gasteiger partial charge on any atom is -0.491 e. The molecule has 0 aromatic heterocycles. The minimum atomic E-state index is -0.576. The number of benzene rings is 2. The Morgan fingerprint density at radius 2 is 1.62 bits per heavy atom. The van der Waals surface area contributed by atoms with Crippen LogP contribution in [0.1, 0.15) is 19.4 Å². The van der Waals surface area contributed by atoms with Gasteiger partial charge in [0.25, 0.3) is 5.91 Å². The van der Waals surface area contributed by atoms with Crippen molar-refractivity contribution in [2.24, 2.45) is 0 Å². The van der Waals surface area contributed by atoms with Crippen LogP contribution in [0.15, 0.2) is 53.0 Å². The highest BCUT2D eigenvalue weighted by Gasteiger charge is 2.17. The lowest BCUT2D eigenvalue weighted by Crippen LogP contribution is -2.43. The predicted molar refractivity (Wildman–Crippen MR) is 98.5 cm³/mol. The molecule has 2 atom stereocenters. The Morgan fingerprint density at radius 1 is 1.04 bits per heavy atom. The van der Waals surface area contributed by atoms with Crippen LogP contribution in [0, 0.1) is 6.92 Å². The lowest BCUT2D eigenvalue weighted by molar-refractivity contribution is -0.128. The van der Waals surface area contributed by atoms with E-state index in [1.54, 1.807) is 6.92 Å². The lowest BCUT2D eigenvalue weighted by Gasteiger charge is -2.19. The van der Waals surface area contributed by atoms with Gasteiger partial charge in [-0.25, -0.2) is 0 Å². The number of nitrogens with one attached hydrogen (secondary N) is 1. The molecule has 0 bridgehead atoms. The maximum absolute atomic E-state index is 12.2. The van der Waals surface area contributed by atoms with Gasteiger partial charge < -0.3 is 14.8 Å². The Labute approximate surface area is 151 Å². The van der Waals surface area contributed by atoms with E-state index in [0.29, 0.717) is 12.4 Å². The van der Waals surface area contributed by atoms with Crippen LogP contribution in [-0.4, -0.2) is 24.7 Å². The first-order valence-electron chi connectivity index (χ1n) is 7.86. The molecule has 0 aliphatic rings. The zero-order valence-electron chi connectivity index (χ0n) is 14.1. The Kier molecular flexibility index (Phi) is 6.67. The van der Waals surface area contributed by atoms with Gasteiger partial charge in [-0.15, -0.1) is 0 Å². The number of hydrogen-bond donors (Lipinski definition) is 1. The van der Waals surface area contributed by atoms with Gasteiger partial charge in [-0.2, -0.15) is 0 Å². The lowest BCUT2D eigenvalue weighted by atomic mass is 10.2. The Morgan fingerprint density at radius 3 is 2.25 bits per heavy atom. The van der Waals surface area contributed by atoms with E-state index < -0.39 is 6.10 Å². The minimum absolute atomic E-state index is 0.116. The second-order valence-electron chi connectivity index (χ2n) is 5.75. The highest BCUT2D eigenvalue weighted by Crippen LogP contribution is 2.17. The average Bonchev–Trinajstić information content (AvgIpc) is 2.56. The van der Waals surface area contributed by atoms with Crippen LogP contribution < -0.4 is 14.8 Å². The number of halogens is 1. The molecule has 0 radical (unpaired) electrons. The molecule has 0 fully saturated rings. The SMILES string of the molecule is Cc1ccc(OCC(C)NC(=O)C(C)Oc2ccc(Br)cc2)cc1. The van der Waals surface area contributed by atoms with Gasteiger partial charge in [0.2, 0.25) is 0 Å². The second-order valence-corrected chi connectivity index (χ2v) is 6.66. The molecule has 2 aromatic rings. The van der Waals surface area contributed by atoms with E-state index in [1.165, 1.54) is 5.56 Å². The number of carbonyl (C=O) groups is 1. The molecule has 0 saturated carbocycles. The molecule has 4 nitrogen and oxygen atoms in total. The second kappa shape index (κ2) is 8.73. The van der Waals surface area contributed by atoms with Crippen LogP contribution in [0.4, 0.5) is 0 Å². The summed E-state index contributed by atoms with van der Waals surface area (Å²) in [4.78, 5) is 12.2. The summed E-state index contributed by atoms with van der Waals surface area (Å²) in [6, 6.07) is 15.1. The van der Waals surface area contributed by atoms with E-state index in [2.05, 4.69) is 21.2 Å². The van der Waals surface area contributed by atoms with E-state index in [0.717, 1.165) is 10.2 Å². The Balaban J connectivity index is 1.77. The first-order valence-corrected chi connectivity index (χ1v) is 8.65. The Bertz CT molecular complexity index is 655. The van der Waals surface area contributed by atoms with Gasteiger partial charge in [0.1, 0.15) is 18.1 Å². The van der Waals surface area contributed by atoms with Crippen LogP contribution in [0.25, 0.3) is 0 Å². The van der Waals surface area contributed by atoms with Crippen molar-refractivity contribution in [3.63, 3.8) is 0 Å². The van der Waals surface area contributed by atoms with Gasteiger partial charge in [0.15, 0.2) is 6.10 Å². The van der Waals surface area contributed by atoms with Crippen molar-refractivity contribution >= 4 is 21.8 Å². The molecule has 0 aliphatic heterocycles. The quantitative estimate of drug-likeness (QED) is 0.772. The summed E-state index contributed by atoms with van der Waals surface area (Å²) in [5.41, 5.74) is 1.18. The average molecular weight is 392 g/mol. The third-order valence-electron chi connectivity index (χ3n) is 3.41. The number of amides is 1. The fraction of sp³-hybridized carbons (Fsp3) is 0.316. The highest BCUT2D eigenvalue weighted by molar-refractivity contribution is 9.10. The van der Waals surface area contributed by atoms with Crippen molar-refractivity contribution in [1.29, 1.82) is 0 Å². The summed E-state index contributed by atoms with van der Waals surface area (Å²) in [7, 11) is 0. The number of hydrogen-bond acceptors (Lipinski definition) is 3. The summed E-state index contributed by atoms with van der Waals surface area (Å²) in [5, 5.41) is 2.89. The molecular weight excluding hydrogens is 370 g/mol. The summed E-state index contributed by atoms with van der Waals surface area (Å²) in [5.74, 6) is 1.28. The summed E-state index contributed by atoms with van der Waals surface area (Å²) in [6.45, 7) is 6.06. The number of aryl methyl sites for hydroxylation is 1. The van der Waals surface area contributed by atoms with Gasteiger partial charge in [0.05, 0.1) is 6.04 Å². The molecule has 128 valence electrons. The fourth-order valence-electron chi connectivity index (χ4n) is 2.03. The van der Waals surface area contributed by atoms with E-state index >= 15 is 0 Å². The van der Waals surface area contributed by atoms with Crippen LogP contribution in [0.2, 0.25) is 0 Å². The fourth-order valence-corrected chi connectivity index (χ4v) is 2.29. The molecule has 0 saturated heterocycles. The predicted octanol–water partition coefficient (Wildman–Crippen LogP) is 4.11. The molecular formula is C19H22BrNO3. The van der Waals surface area contributed by atoms with Crippen molar-refractivity contribution < 1.29 is 14.3 Å². The topological polar surface area (TPSA) is 47.6 Å². The Hall–Kier alpha value is -2.01. The summed E-state index contributed by atoms with van der Waals surface area (Å²) >= 11 is 3.36. The zero-order chi connectivity index (χ0) is 17.5. The van der Waals surface area contributed by atoms with Crippen LogP contribution in [0.3, 0.4) is 0 Å². The number of rotatable bonds is 7. The van der Waals surface area contributed by atoms with Gasteiger partial charge >= 0.3 is 0 Å². The number of ether oxygens (including phenoxy) is 2. The molecule has 24 heavy (non-hydrogen) atoms. The van der Waals surface area contributed by atoms with E-state index in [1.807, 2.05) is 62.4 Å². The van der Waals surface area contributed by atoms with Gasteiger partial charge in [-0.05, 0) is 57.2 Å². The highest BCUT2D eigenvalue weighted by atomic mass is 79.9. The van der Waals surface area contributed by atoms with Gasteiger partial charge in [-0.3, -0.25) is 4.79 Å². The standard InChI is InChI=1S/C19H22BrNO3/c1-13-4-8-17(9-5-13)23-12-14(2)21-19(22)15(3)24-18-10-6-16(20)7-11-18/h4-11,14-15H,12H2,1-3H3,(H,21,22). The summed E-state index contributed by atoms with van der Waals surface area (Å²) in [6.07, 6.45) is -0.576. The van der Waals surface area contributed by atoms with E-state index in [-0.39, 0.29) is 11.9 Å². The molecule has 0 spiro atoms. The van der Waals surface area contributed by atoms with Crippen molar-refractivity contribution in [2.45, 2.75) is 32.9 Å². The largest absolute Gasteiger partial charge is 0.491 e. The van der Waals surface area contributed by atoms with Crippen LogP contribution in [-0.2, 0) is 4.79 Å². The molecule has 2 aromatic carbocycles. The maximum Gasteiger partial charge on any atom is 0.261 e. The molecule has 2 unspecified atom stereocenters. The normalized spacial score (nSPS) is 13.0. The summed E-state index contributed by atoms with van der Waals surface area (Å²) < 4.78 is 12.3. The number of carbonyl (C=O) groups excluding carboxylic acids is 1. The van der Waals surface area contributed by atoms with Crippen LogP contribution in [0.5, 0.6) is 11.5 Å². The van der Waals surface area contributed by atoms with Gasteiger partial charge in [-0.1, -0.05) is 33.6 Å². The molecule has 0 aliphatic carbocycles. The molecule has 0 heterocycles. The third-order valence-corrected chi connectivity index (χ3v) is 3.93. The van der Waals surface area contributed by atoms with Crippen molar-refractivity contribution in [2.75, 3.05) is 6.61 Å². The first kappa shape index (κ1) is 18.3. The molecule has 5 heteroatoms. The zero-order valence-corrected chi connectivity index (χ0v) is 15.7. The molecule has 1 amide bonds. The maximum atomic E-state index is 12.2. The van der Waals surface area contributed by atoms with E-state index in [4.69, 9.17) is 9.47 Å². The van der Waals surface area contributed by atoms with E-state index in [9.17, 15) is 4.79 Å². The van der Waals surface area contributed by atoms with Crippen molar-refractivity contribution in [1.82, 2.24) is 5.32 Å². The third kappa shape index (κ3) is 5.89. The monoisotopic (exact) mass is 391 g/mol. The van der Waals surface area contributed by atoms with Crippen molar-refractivity contribution in [3.05, 3.63) is 58.6 Å². The smallest absolute Gasteiger partial charge is 0.261 e. The van der Waals surface area contributed by atoms with Crippen LogP contribution >= 0.6 is 15.9 Å².